The molecule has 182 valence electrons. The van der Waals surface area contributed by atoms with Crippen LogP contribution in [0.2, 0.25) is 0 Å². The molecule has 3 amide bonds. The minimum absolute atomic E-state index is 0.296. The number of hydrogen-bond donors (Lipinski definition) is 1. The molecule has 2 aromatic rings. The second-order valence-corrected chi connectivity index (χ2v) is 7.33. The first kappa shape index (κ1) is 25.1. The van der Waals surface area contributed by atoms with Gasteiger partial charge in [0.1, 0.15) is 11.6 Å². The van der Waals surface area contributed by atoms with E-state index in [0.717, 1.165) is 0 Å². The highest BCUT2D eigenvalue weighted by Crippen LogP contribution is 2.24. The van der Waals surface area contributed by atoms with Gasteiger partial charge in [0.2, 0.25) is 0 Å². The number of ketones is 1. The lowest BCUT2D eigenvalue weighted by molar-refractivity contribution is -0.173. The highest BCUT2D eigenvalue weighted by atomic mass is 19.4. The fourth-order valence-corrected chi connectivity index (χ4v) is 3.24. The van der Waals surface area contributed by atoms with Gasteiger partial charge in [-0.3, -0.25) is 14.5 Å². The Morgan fingerprint density at radius 2 is 1.59 bits per heavy atom. The quantitative estimate of drug-likeness (QED) is 0.503. The van der Waals surface area contributed by atoms with E-state index in [1.807, 2.05) is 0 Å². The maximum absolute atomic E-state index is 14.8. The number of carbonyl (C=O) groups excluding carboxylic acids is 3. The van der Waals surface area contributed by atoms with E-state index < -0.39 is 59.7 Å². The number of anilines is 1. The summed E-state index contributed by atoms with van der Waals surface area (Å²) >= 11 is 0. The van der Waals surface area contributed by atoms with Crippen molar-refractivity contribution in [2.45, 2.75) is 12.7 Å². The number of ether oxygens (including phenoxy) is 1. The van der Waals surface area contributed by atoms with E-state index in [4.69, 9.17) is 4.74 Å². The van der Waals surface area contributed by atoms with Crippen LogP contribution in [0.5, 0.6) is 0 Å². The van der Waals surface area contributed by atoms with Crippen LogP contribution in [-0.2, 0) is 16.1 Å². The molecule has 0 saturated carbocycles. The summed E-state index contributed by atoms with van der Waals surface area (Å²) in [5, 5.41) is 1.35. The minimum Gasteiger partial charge on any atom is -0.378 e. The summed E-state index contributed by atoms with van der Waals surface area (Å²) in [6.45, 7) is -0.370. The van der Waals surface area contributed by atoms with Gasteiger partial charge in [-0.2, -0.15) is 13.2 Å². The van der Waals surface area contributed by atoms with Crippen molar-refractivity contribution >= 4 is 23.4 Å². The van der Waals surface area contributed by atoms with E-state index in [9.17, 15) is 36.3 Å². The number of nitrogens with zero attached hydrogens (tertiary/aromatic N) is 2. The van der Waals surface area contributed by atoms with Gasteiger partial charge in [0.05, 0.1) is 26.3 Å². The van der Waals surface area contributed by atoms with Gasteiger partial charge < -0.3 is 15.0 Å². The molecule has 3 rings (SSSR count). The van der Waals surface area contributed by atoms with Crippen molar-refractivity contribution in [2.24, 2.45) is 0 Å². The number of rotatable bonds is 6. The van der Waals surface area contributed by atoms with Gasteiger partial charge in [0.25, 0.3) is 0 Å². The molecule has 34 heavy (non-hydrogen) atoms. The molecule has 0 unspecified atom stereocenters. The van der Waals surface area contributed by atoms with Crippen LogP contribution in [0.25, 0.3) is 0 Å². The topological polar surface area (TPSA) is 79.0 Å². The van der Waals surface area contributed by atoms with Crippen LogP contribution in [0.4, 0.5) is 32.4 Å². The summed E-state index contributed by atoms with van der Waals surface area (Å²) in [7, 11) is 0. The first-order chi connectivity index (χ1) is 16.1. The Bertz CT molecular complexity index is 1030. The lowest BCUT2D eigenvalue weighted by Gasteiger charge is -2.33. The molecule has 0 radical (unpaired) electrons. The van der Waals surface area contributed by atoms with Gasteiger partial charge >= 0.3 is 18.1 Å². The standard InChI is InChI=1S/C22H20F5N3O4/c23-17-10-14(19(31)12-28-20(32)22(25,26)27)11-18(24)16(17)13-30(15-4-2-1-3-5-15)21(33)29-6-8-34-9-7-29/h1-5,10-11H,6-9,12-13H2,(H,28,32). The Hall–Kier alpha value is -3.54. The minimum atomic E-state index is -5.20. The average Bonchev–Trinajstić information content (AvgIpc) is 2.82. The number of nitrogens with one attached hydrogen (secondary N) is 1. The van der Waals surface area contributed by atoms with Crippen LogP contribution in [0.15, 0.2) is 42.5 Å². The van der Waals surface area contributed by atoms with E-state index in [2.05, 4.69) is 0 Å². The van der Waals surface area contributed by atoms with Crippen molar-refractivity contribution in [3.8, 4) is 0 Å². The summed E-state index contributed by atoms with van der Waals surface area (Å²) in [5.41, 5.74) is -0.693. The summed E-state index contributed by atoms with van der Waals surface area (Å²) in [6, 6.07) is 9.01. The molecule has 0 spiro atoms. The number of alkyl halides is 3. The lowest BCUT2D eigenvalue weighted by Crippen LogP contribution is -2.48. The largest absolute Gasteiger partial charge is 0.471 e. The zero-order chi connectivity index (χ0) is 24.9. The van der Waals surface area contributed by atoms with E-state index in [1.165, 1.54) is 15.1 Å². The van der Waals surface area contributed by atoms with Crippen LogP contribution in [0.1, 0.15) is 15.9 Å². The summed E-state index contributed by atoms with van der Waals surface area (Å²) in [6.07, 6.45) is -5.20. The van der Waals surface area contributed by atoms with Gasteiger partial charge in [-0.05, 0) is 24.3 Å². The number of urea groups is 1. The predicted octanol–water partition coefficient (Wildman–Crippen LogP) is 3.28. The Balaban J connectivity index is 1.82. The molecule has 0 atom stereocenters. The van der Waals surface area contributed by atoms with E-state index in [1.54, 1.807) is 30.3 Å². The zero-order valence-electron chi connectivity index (χ0n) is 17.7. The number of amides is 3. The zero-order valence-corrected chi connectivity index (χ0v) is 17.7. The fraction of sp³-hybridized carbons (Fsp3) is 0.318. The van der Waals surface area contributed by atoms with Gasteiger partial charge in [-0.15, -0.1) is 0 Å². The smallest absolute Gasteiger partial charge is 0.378 e. The molecule has 2 aromatic carbocycles. The number of morpholine rings is 1. The van der Waals surface area contributed by atoms with Crippen molar-refractivity contribution in [1.29, 1.82) is 0 Å². The van der Waals surface area contributed by atoms with E-state index in [0.29, 0.717) is 44.1 Å². The predicted molar refractivity (Wildman–Crippen MR) is 110 cm³/mol. The van der Waals surface area contributed by atoms with Gasteiger partial charge in [-0.1, -0.05) is 18.2 Å². The second-order valence-electron chi connectivity index (χ2n) is 7.33. The van der Waals surface area contributed by atoms with Crippen LogP contribution in [0, 0.1) is 11.6 Å². The molecule has 1 aliphatic rings. The average molecular weight is 485 g/mol. The number of benzene rings is 2. The molecule has 1 heterocycles. The number of carbonyl (C=O) groups is 3. The van der Waals surface area contributed by atoms with E-state index >= 15 is 0 Å². The highest BCUT2D eigenvalue weighted by molar-refractivity contribution is 6.00. The molecule has 1 aliphatic heterocycles. The first-order valence-corrected chi connectivity index (χ1v) is 10.1. The molecule has 7 nitrogen and oxygen atoms in total. The van der Waals surface area contributed by atoms with Gasteiger partial charge in [0.15, 0.2) is 5.78 Å². The van der Waals surface area contributed by atoms with Crippen molar-refractivity contribution in [3.63, 3.8) is 0 Å². The summed E-state index contributed by atoms with van der Waals surface area (Å²) < 4.78 is 71.6. The molecular formula is C22H20F5N3O4. The maximum atomic E-state index is 14.8. The fourth-order valence-electron chi connectivity index (χ4n) is 3.24. The maximum Gasteiger partial charge on any atom is 0.471 e. The molecule has 1 fully saturated rings. The van der Waals surface area contributed by atoms with Crippen molar-refractivity contribution < 1.29 is 41.1 Å². The van der Waals surface area contributed by atoms with Crippen molar-refractivity contribution in [1.82, 2.24) is 10.2 Å². The Labute approximate surface area is 191 Å². The number of Topliss-reactive ketones (excluding diaryl/α,β-unsaturated/α-hetero) is 1. The van der Waals surface area contributed by atoms with Crippen molar-refractivity contribution in [3.05, 3.63) is 65.2 Å². The molecule has 0 aliphatic carbocycles. The third-order valence-corrected chi connectivity index (χ3v) is 5.03. The number of hydrogen-bond acceptors (Lipinski definition) is 4. The molecule has 0 bridgehead atoms. The molecule has 1 saturated heterocycles. The summed E-state index contributed by atoms with van der Waals surface area (Å²) in [4.78, 5) is 38.7. The van der Waals surface area contributed by atoms with Crippen molar-refractivity contribution in [2.75, 3.05) is 37.7 Å². The normalized spacial score (nSPS) is 14.0. The number of para-hydroxylation sites is 1. The van der Waals surface area contributed by atoms with Crippen LogP contribution >= 0.6 is 0 Å². The van der Waals surface area contributed by atoms with Gasteiger partial charge in [0, 0.05) is 29.9 Å². The molecule has 1 N–H and O–H groups in total. The molecular weight excluding hydrogens is 465 g/mol. The number of halogens is 5. The summed E-state index contributed by atoms with van der Waals surface area (Å²) in [5.74, 6) is -5.80. The second kappa shape index (κ2) is 10.6. The van der Waals surface area contributed by atoms with Gasteiger partial charge in [-0.25, -0.2) is 13.6 Å². The highest BCUT2D eigenvalue weighted by Gasteiger charge is 2.38. The van der Waals surface area contributed by atoms with Crippen LogP contribution < -0.4 is 10.2 Å². The SMILES string of the molecule is O=C(CNC(=O)C(F)(F)F)c1cc(F)c(CN(C(=O)N2CCOCC2)c2ccccc2)c(F)c1. The molecule has 0 aromatic heterocycles. The third-order valence-electron chi connectivity index (χ3n) is 5.03. The first-order valence-electron chi connectivity index (χ1n) is 10.1. The lowest BCUT2D eigenvalue weighted by atomic mass is 10.1. The third kappa shape index (κ3) is 6.07. The molecule has 12 heteroatoms. The van der Waals surface area contributed by atoms with E-state index in [-0.39, 0.29) is 0 Å². The Kier molecular flexibility index (Phi) is 7.82. The Morgan fingerprint density at radius 1 is 1.00 bits per heavy atom. The van der Waals surface area contributed by atoms with Crippen LogP contribution in [-0.4, -0.2) is 61.6 Å². The van der Waals surface area contributed by atoms with Crippen LogP contribution in [0.3, 0.4) is 0 Å². The Morgan fingerprint density at radius 3 is 2.15 bits per heavy atom. The monoisotopic (exact) mass is 485 g/mol.